The van der Waals surface area contributed by atoms with Crippen LogP contribution in [0.15, 0.2) is 0 Å². The molecule has 2 N–H and O–H groups in total. The molecule has 1 heterocycles. The summed E-state index contributed by atoms with van der Waals surface area (Å²) in [6.45, 7) is 1.64. The third kappa shape index (κ3) is 2.30. The molecule has 0 spiro atoms. The minimum atomic E-state index is -0.0305. The van der Waals surface area contributed by atoms with Crippen molar-refractivity contribution in [3.63, 3.8) is 0 Å². The predicted octanol–water partition coefficient (Wildman–Crippen LogP) is -0.473. The normalized spacial score (nSPS) is 17.6. The molecule has 12 heavy (non-hydrogen) atoms. The summed E-state index contributed by atoms with van der Waals surface area (Å²) >= 11 is 0. The standard InChI is InChI=1S/C8H14N2O2/c9-3-1-2-4-10-6-7(11)5-8(10)12/h1-6,9H2. The molecular formula is C8H14N2O2. The first-order valence-electron chi connectivity index (χ1n) is 4.23. The van der Waals surface area contributed by atoms with Crippen LogP contribution in [0.1, 0.15) is 19.3 Å². The highest BCUT2D eigenvalue weighted by atomic mass is 16.2. The summed E-state index contributed by atoms with van der Waals surface area (Å²) in [5.41, 5.74) is 5.30. The Kier molecular flexibility index (Phi) is 3.22. The van der Waals surface area contributed by atoms with Crippen molar-refractivity contribution in [1.29, 1.82) is 0 Å². The zero-order valence-corrected chi connectivity index (χ0v) is 7.08. The summed E-state index contributed by atoms with van der Waals surface area (Å²) in [5, 5.41) is 0. The average Bonchev–Trinajstić information content (AvgIpc) is 2.31. The molecule has 68 valence electrons. The van der Waals surface area contributed by atoms with Gasteiger partial charge in [0.25, 0.3) is 0 Å². The smallest absolute Gasteiger partial charge is 0.230 e. The molecular weight excluding hydrogens is 156 g/mol. The third-order valence-corrected chi connectivity index (χ3v) is 1.95. The molecule has 0 aliphatic carbocycles. The topological polar surface area (TPSA) is 63.4 Å². The maximum Gasteiger partial charge on any atom is 0.230 e. The second-order valence-corrected chi connectivity index (χ2v) is 3.03. The number of likely N-dealkylation sites (tertiary alicyclic amines) is 1. The Morgan fingerprint density at radius 1 is 1.33 bits per heavy atom. The largest absolute Gasteiger partial charge is 0.335 e. The van der Waals surface area contributed by atoms with Crippen LogP contribution in [0, 0.1) is 0 Å². The quantitative estimate of drug-likeness (QED) is 0.458. The fraction of sp³-hybridized carbons (Fsp3) is 0.750. The number of unbranched alkanes of at least 4 members (excludes halogenated alkanes) is 1. The van der Waals surface area contributed by atoms with Crippen molar-refractivity contribution in [3.05, 3.63) is 0 Å². The van der Waals surface area contributed by atoms with Crippen molar-refractivity contribution >= 4 is 11.7 Å². The second kappa shape index (κ2) is 4.21. The number of ketones is 1. The fourth-order valence-electron chi connectivity index (χ4n) is 1.29. The van der Waals surface area contributed by atoms with E-state index in [-0.39, 0.29) is 18.1 Å². The Balaban J connectivity index is 2.24. The zero-order chi connectivity index (χ0) is 8.97. The first kappa shape index (κ1) is 9.19. The number of hydrogen-bond donors (Lipinski definition) is 1. The number of rotatable bonds is 4. The third-order valence-electron chi connectivity index (χ3n) is 1.95. The summed E-state index contributed by atoms with van der Waals surface area (Å²) in [5.74, 6) is 0.00442. The minimum absolute atomic E-state index is 0.0305. The van der Waals surface area contributed by atoms with Crippen LogP contribution in [0.2, 0.25) is 0 Å². The highest BCUT2D eigenvalue weighted by Crippen LogP contribution is 2.07. The Bertz CT molecular complexity index is 191. The maximum absolute atomic E-state index is 11.1. The van der Waals surface area contributed by atoms with Gasteiger partial charge in [-0.2, -0.15) is 0 Å². The van der Waals surface area contributed by atoms with Crippen LogP contribution in [0.4, 0.5) is 0 Å². The molecule has 0 saturated carbocycles. The first-order valence-corrected chi connectivity index (χ1v) is 4.23. The highest BCUT2D eigenvalue weighted by molar-refractivity contribution is 6.05. The SMILES string of the molecule is NCCCCN1CC(=O)CC1=O. The number of amides is 1. The molecule has 1 aliphatic rings. The van der Waals surface area contributed by atoms with Gasteiger partial charge in [-0.05, 0) is 19.4 Å². The number of nitrogens with two attached hydrogens (primary N) is 1. The Morgan fingerprint density at radius 3 is 2.58 bits per heavy atom. The lowest BCUT2D eigenvalue weighted by Gasteiger charge is -2.13. The molecule has 4 heteroatoms. The molecule has 0 unspecified atom stereocenters. The molecule has 0 bridgehead atoms. The molecule has 1 fully saturated rings. The van der Waals surface area contributed by atoms with Gasteiger partial charge in [0.05, 0.1) is 13.0 Å². The lowest BCUT2D eigenvalue weighted by Crippen LogP contribution is -2.26. The zero-order valence-electron chi connectivity index (χ0n) is 7.08. The monoisotopic (exact) mass is 170 g/mol. The van der Waals surface area contributed by atoms with Gasteiger partial charge in [0.1, 0.15) is 0 Å². The van der Waals surface area contributed by atoms with Crippen LogP contribution in [0.25, 0.3) is 0 Å². The van der Waals surface area contributed by atoms with Gasteiger partial charge < -0.3 is 10.6 Å². The van der Waals surface area contributed by atoms with Gasteiger partial charge in [-0.15, -0.1) is 0 Å². The van der Waals surface area contributed by atoms with Crippen LogP contribution >= 0.6 is 0 Å². The summed E-state index contributed by atoms with van der Waals surface area (Å²) in [7, 11) is 0. The van der Waals surface area contributed by atoms with E-state index in [2.05, 4.69) is 0 Å². The van der Waals surface area contributed by atoms with Crippen LogP contribution in [-0.4, -0.2) is 36.2 Å². The van der Waals surface area contributed by atoms with Crippen LogP contribution in [0.3, 0.4) is 0 Å². The van der Waals surface area contributed by atoms with Crippen LogP contribution in [-0.2, 0) is 9.59 Å². The van der Waals surface area contributed by atoms with Crippen molar-refractivity contribution in [3.8, 4) is 0 Å². The fourth-order valence-corrected chi connectivity index (χ4v) is 1.29. The molecule has 1 amide bonds. The van der Waals surface area contributed by atoms with E-state index in [0.717, 1.165) is 12.8 Å². The molecule has 0 aromatic rings. The molecule has 1 saturated heterocycles. The molecule has 0 aromatic carbocycles. The van der Waals surface area contributed by atoms with E-state index in [1.54, 1.807) is 4.90 Å². The van der Waals surface area contributed by atoms with E-state index in [1.165, 1.54) is 0 Å². The first-order chi connectivity index (χ1) is 5.74. The summed E-state index contributed by atoms with van der Waals surface area (Å²) < 4.78 is 0. The molecule has 1 aliphatic heterocycles. The molecule has 0 atom stereocenters. The second-order valence-electron chi connectivity index (χ2n) is 3.03. The Labute approximate surface area is 71.7 Å². The average molecular weight is 170 g/mol. The van der Waals surface area contributed by atoms with E-state index in [9.17, 15) is 9.59 Å². The van der Waals surface area contributed by atoms with Crippen LogP contribution < -0.4 is 5.73 Å². The molecule has 1 rings (SSSR count). The van der Waals surface area contributed by atoms with Crippen LogP contribution in [0.5, 0.6) is 0 Å². The highest BCUT2D eigenvalue weighted by Gasteiger charge is 2.26. The summed E-state index contributed by atoms with van der Waals surface area (Å²) in [6.07, 6.45) is 1.91. The van der Waals surface area contributed by atoms with Crippen molar-refractivity contribution in [2.75, 3.05) is 19.6 Å². The molecule has 0 radical (unpaired) electrons. The van der Waals surface area contributed by atoms with Gasteiger partial charge in [0.2, 0.25) is 5.91 Å². The lowest BCUT2D eigenvalue weighted by molar-refractivity contribution is -0.127. The van der Waals surface area contributed by atoms with Crippen molar-refractivity contribution in [1.82, 2.24) is 4.90 Å². The number of Topliss-reactive ketones (excluding diaryl/α,β-unsaturated/α-hetero) is 1. The van der Waals surface area contributed by atoms with Gasteiger partial charge in [-0.1, -0.05) is 0 Å². The van der Waals surface area contributed by atoms with Gasteiger partial charge in [-0.3, -0.25) is 9.59 Å². The summed E-state index contributed by atoms with van der Waals surface area (Å²) in [4.78, 5) is 23.5. The van der Waals surface area contributed by atoms with Gasteiger partial charge in [-0.25, -0.2) is 0 Å². The molecule has 4 nitrogen and oxygen atoms in total. The maximum atomic E-state index is 11.1. The predicted molar refractivity (Wildman–Crippen MR) is 44.5 cm³/mol. The van der Waals surface area contributed by atoms with Gasteiger partial charge >= 0.3 is 0 Å². The van der Waals surface area contributed by atoms with Crippen molar-refractivity contribution in [2.24, 2.45) is 5.73 Å². The Morgan fingerprint density at radius 2 is 2.08 bits per heavy atom. The number of nitrogens with zero attached hydrogens (tertiary/aromatic N) is 1. The van der Waals surface area contributed by atoms with Crippen molar-refractivity contribution < 1.29 is 9.59 Å². The van der Waals surface area contributed by atoms with E-state index >= 15 is 0 Å². The van der Waals surface area contributed by atoms with E-state index < -0.39 is 0 Å². The van der Waals surface area contributed by atoms with E-state index in [4.69, 9.17) is 5.73 Å². The Hall–Kier alpha value is -0.900. The lowest BCUT2D eigenvalue weighted by atomic mass is 10.3. The number of carbonyl (C=O) groups excluding carboxylic acids is 2. The van der Waals surface area contributed by atoms with Gasteiger partial charge in [0.15, 0.2) is 5.78 Å². The van der Waals surface area contributed by atoms with E-state index in [0.29, 0.717) is 19.6 Å². The van der Waals surface area contributed by atoms with Gasteiger partial charge in [0, 0.05) is 6.54 Å². The number of carbonyl (C=O) groups is 2. The number of hydrogen-bond acceptors (Lipinski definition) is 3. The molecule has 0 aromatic heterocycles. The van der Waals surface area contributed by atoms with Crippen molar-refractivity contribution in [2.45, 2.75) is 19.3 Å². The summed E-state index contributed by atoms with van der Waals surface area (Å²) in [6, 6.07) is 0. The van der Waals surface area contributed by atoms with E-state index in [1.807, 2.05) is 0 Å². The minimum Gasteiger partial charge on any atom is -0.335 e.